The van der Waals surface area contributed by atoms with E-state index in [0.717, 1.165) is 12.1 Å². The van der Waals surface area contributed by atoms with Crippen LogP contribution in [0, 0.1) is 0 Å². The van der Waals surface area contributed by atoms with Gasteiger partial charge in [-0.2, -0.15) is 0 Å². The van der Waals surface area contributed by atoms with E-state index in [0.29, 0.717) is 13.0 Å². The molecular formula is C15H19N3O2. The number of H-pyrrole nitrogens is 1. The number of nitrogens with one attached hydrogen (secondary N) is 1. The van der Waals surface area contributed by atoms with Crippen LogP contribution in [0.25, 0.3) is 10.9 Å². The average molecular weight is 273 g/mol. The second-order valence-electron chi connectivity index (χ2n) is 5.30. The van der Waals surface area contributed by atoms with Crippen molar-refractivity contribution in [2.24, 2.45) is 5.73 Å². The molecule has 1 amide bonds. The minimum absolute atomic E-state index is 0.0790. The zero-order valence-electron chi connectivity index (χ0n) is 11.5. The molecule has 0 aliphatic carbocycles. The van der Waals surface area contributed by atoms with Crippen LogP contribution < -0.4 is 5.73 Å². The molecule has 20 heavy (non-hydrogen) atoms. The van der Waals surface area contributed by atoms with E-state index in [-0.39, 0.29) is 18.1 Å². The van der Waals surface area contributed by atoms with Crippen molar-refractivity contribution in [2.75, 3.05) is 13.7 Å². The number of amides is 1. The van der Waals surface area contributed by atoms with E-state index in [1.807, 2.05) is 18.3 Å². The standard InChI is InChI=1S/C15H19N3O2/c1-20-12-7-13(15(16)19)18(9-12)8-11-4-2-3-10-5-6-17-14(10)11/h2-6,12-13,17H,7-9H2,1H3,(H2,16,19)/t12-,13-/m0/s1. The van der Waals surface area contributed by atoms with E-state index >= 15 is 0 Å². The maximum Gasteiger partial charge on any atom is 0.234 e. The number of ether oxygens (including phenoxy) is 1. The highest BCUT2D eigenvalue weighted by Gasteiger charge is 2.35. The lowest BCUT2D eigenvalue weighted by Gasteiger charge is -2.21. The molecule has 5 nitrogen and oxygen atoms in total. The quantitative estimate of drug-likeness (QED) is 0.880. The number of benzene rings is 1. The highest BCUT2D eigenvalue weighted by Crippen LogP contribution is 2.25. The molecule has 0 unspecified atom stereocenters. The van der Waals surface area contributed by atoms with E-state index in [1.165, 1.54) is 10.9 Å². The van der Waals surface area contributed by atoms with Crippen LogP contribution in [-0.4, -0.2) is 41.6 Å². The molecule has 1 aromatic heterocycles. The third kappa shape index (κ3) is 2.30. The molecule has 1 saturated heterocycles. The van der Waals surface area contributed by atoms with Crippen LogP contribution in [-0.2, 0) is 16.1 Å². The Hall–Kier alpha value is -1.85. The number of likely N-dealkylation sites (tertiary alicyclic amines) is 1. The largest absolute Gasteiger partial charge is 0.380 e. The summed E-state index contributed by atoms with van der Waals surface area (Å²) >= 11 is 0. The van der Waals surface area contributed by atoms with E-state index in [2.05, 4.69) is 22.0 Å². The first-order valence-electron chi connectivity index (χ1n) is 6.80. The molecule has 1 aliphatic heterocycles. The summed E-state index contributed by atoms with van der Waals surface area (Å²) in [6, 6.07) is 7.99. The summed E-state index contributed by atoms with van der Waals surface area (Å²) in [7, 11) is 1.68. The Bertz CT molecular complexity index is 622. The summed E-state index contributed by atoms with van der Waals surface area (Å²) in [6.45, 7) is 1.44. The fourth-order valence-corrected chi connectivity index (χ4v) is 3.00. The van der Waals surface area contributed by atoms with Gasteiger partial charge in [0.1, 0.15) is 0 Å². The van der Waals surface area contributed by atoms with Gasteiger partial charge in [0.05, 0.1) is 12.1 Å². The number of aromatic nitrogens is 1. The number of aromatic amines is 1. The molecule has 3 N–H and O–H groups in total. The molecule has 2 atom stereocenters. The molecule has 106 valence electrons. The lowest BCUT2D eigenvalue weighted by atomic mass is 10.1. The van der Waals surface area contributed by atoms with Crippen molar-refractivity contribution in [3.8, 4) is 0 Å². The summed E-state index contributed by atoms with van der Waals surface area (Å²) in [6.07, 6.45) is 2.68. The normalized spacial score (nSPS) is 23.4. The van der Waals surface area contributed by atoms with Crippen molar-refractivity contribution in [1.82, 2.24) is 9.88 Å². The van der Waals surface area contributed by atoms with Gasteiger partial charge in [-0.25, -0.2) is 0 Å². The maximum absolute atomic E-state index is 11.6. The molecule has 1 aromatic carbocycles. The maximum atomic E-state index is 11.6. The van der Waals surface area contributed by atoms with Gasteiger partial charge in [0, 0.05) is 31.9 Å². The minimum atomic E-state index is -0.275. The lowest BCUT2D eigenvalue weighted by Crippen LogP contribution is -2.39. The second-order valence-corrected chi connectivity index (χ2v) is 5.30. The fourth-order valence-electron chi connectivity index (χ4n) is 3.00. The summed E-state index contributed by atoms with van der Waals surface area (Å²) in [4.78, 5) is 17.0. The molecule has 2 heterocycles. The predicted octanol–water partition coefficient (Wildman–Crippen LogP) is 1.24. The third-order valence-electron chi connectivity index (χ3n) is 4.07. The molecule has 3 rings (SSSR count). The van der Waals surface area contributed by atoms with E-state index in [4.69, 9.17) is 10.5 Å². The van der Waals surface area contributed by atoms with Crippen molar-refractivity contribution in [1.29, 1.82) is 0 Å². The van der Waals surface area contributed by atoms with Gasteiger partial charge in [-0.1, -0.05) is 18.2 Å². The molecule has 2 aromatic rings. The van der Waals surface area contributed by atoms with Gasteiger partial charge in [0.15, 0.2) is 0 Å². The van der Waals surface area contributed by atoms with Crippen molar-refractivity contribution in [3.05, 3.63) is 36.0 Å². The van der Waals surface area contributed by atoms with Gasteiger partial charge >= 0.3 is 0 Å². The smallest absolute Gasteiger partial charge is 0.234 e. The third-order valence-corrected chi connectivity index (χ3v) is 4.07. The van der Waals surface area contributed by atoms with Crippen molar-refractivity contribution in [2.45, 2.75) is 25.1 Å². The van der Waals surface area contributed by atoms with E-state index in [1.54, 1.807) is 7.11 Å². The molecule has 0 radical (unpaired) electrons. The zero-order chi connectivity index (χ0) is 14.1. The van der Waals surface area contributed by atoms with Crippen LogP contribution >= 0.6 is 0 Å². The number of hydrogen-bond donors (Lipinski definition) is 2. The van der Waals surface area contributed by atoms with Crippen LogP contribution in [0.15, 0.2) is 30.5 Å². The van der Waals surface area contributed by atoms with Gasteiger partial charge < -0.3 is 15.5 Å². The van der Waals surface area contributed by atoms with Gasteiger partial charge in [0.25, 0.3) is 0 Å². The Kier molecular flexibility index (Phi) is 3.46. The summed E-state index contributed by atoms with van der Waals surface area (Å²) < 4.78 is 5.37. The Balaban J connectivity index is 1.86. The number of carbonyl (C=O) groups excluding carboxylic acids is 1. The van der Waals surface area contributed by atoms with E-state index < -0.39 is 0 Å². The fraction of sp³-hybridized carbons (Fsp3) is 0.400. The Labute approximate surface area is 117 Å². The summed E-state index contributed by atoms with van der Waals surface area (Å²) in [5.41, 5.74) is 7.81. The van der Waals surface area contributed by atoms with Gasteiger partial charge in [-0.05, 0) is 23.4 Å². The highest BCUT2D eigenvalue weighted by molar-refractivity contribution is 5.83. The average Bonchev–Trinajstić information content (AvgIpc) is 3.05. The lowest BCUT2D eigenvalue weighted by molar-refractivity contribution is -0.122. The van der Waals surface area contributed by atoms with Gasteiger partial charge in [-0.15, -0.1) is 0 Å². The van der Waals surface area contributed by atoms with Crippen LogP contribution in [0.2, 0.25) is 0 Å². The van der Waals surface area contributed by atoms with E-state index in [9.17, 15) is 4.79 Å². The molecule has 0 bridgehead atoms. The number of methoxy groups -OCH3 is 1. The number of fused-ring (bicyclic) bond motifs is 1. The Morgan fingerprint density at radius 1 is 1.50 bits per heavy atom. The molecule has 1 fully saturated rings. The first kappa shape index (κ1) is 13.1. The first-order valence-corrected chi connectivity index (χ1v) is 6.80. The van der Waals surface area contributed by atoms with Crippen LogP contribution in [0.5, 0.6) is 0 Å². The van der Waals surface area contributed by atoms with Crippen LogP contribution in [0.3, 0.4) is 0 Å². The molecular weight excluding hydrogens is 254 g/mol. The zero-order valence-corrected chi connectivity index (χ0v) is 11.5. The minimum Gasteiger partial charge on any atom is -0.380 e. The van der Waals surface area contributed by atoms with Crippen LogP contribution in [0.1, 0.15) is 12.0 Å². The molecule has 0 saturated carbocycles. The number of rotatable bonds is 4. The number of carbonyl (C=O) groups is 1. The SMILES string of the molecule is CO[C@H]1C[C@@H](C(N)=O)N(Cc2cccc3cc[nH]c23)C1. The van der Waals surface area contributed by atoms with Gasteiger partial charge in [-0.3, -0.25) is 9.69 Å². The highest BCUT2D eigenvalue weighted by atomic mass is 16.5. The van der Waals surface area contributed by atoms with Gasteiger partial charge in [0.2, 0.25) is 5.91 Å². The number of primary amides is 1. The first-order chi connectivity index (χ1) is 9.69. The van der Waals surface area contributed by atoms with Crippen molar-refractivity contribution >= 4 is 16.8 Å². The predicted molar refractivity (Wildman–Crippen MR) is 77.1 cm³/mol. The molecule has 0 spiro atoms. The number of hydrogen-bond acceptors (Lipinski definition) is 3. The number of nitrogens with two attached hydrogens (primary N) is 1. The topological polar surface area (TPSA) is 71.3 Å². The van der Waals surface area contributed by atoms with Crippen LogP contribution in [0.4, 0.5) is 0 Å². The Morgan fingerprint density at radius 3 is 3.10 bits per heavy atom. The number of nitrogens with zero attached hydrogens (tertiary/aromatic N) is 1. The van der Waals surface area contributed by atoms with Crippen molar-refractivity contribution < 1.29 is 9.53 Å². The monoisotopic (exact) mass is 273 g/mol. The number of para-hydroxylation sites is 1. The summed E-state index contributed by atoms with van der Waals surface area (Å²) in [5, 5.41) is 1.18. The second kappa shape index (κ2) is 5.26. The summed E-state index contributed by atoms with van der Waals surface area (Å²) in [5.74, 6) is -0.275. The van der Waals surface area contributed by atoms with Crippen molar-refractivity contribution in [3.63, 3.8) is 0 Å². The molecule has 5 heteroatoms. The molecule has 1 aliphatic rings. The Morgan fingerprint density at radius 2 is 2.35 bits per heavy atom.